The molecule has 0 aliphatic heterocycles. The van der Waals surface area contributed by atoms with Crippen molar-refractivity contribution in [2.24, 2.45) is 23.7 Å². The minimum Gasteiger partial charge on any atom is -0.462 e. The van der Waals surface area contributed by atoms with Gasteiger partial charge in [-0.1, -0.05) is 370 Å². The fraction of sp³-hybridized carbons (Fsp3) is 0.951. The minimum atomic E-state index is -4.96. The van der Waals surface area contributed by atoms with E-state index in [-0.39, 0.29) is 25.7 Å². The van der Waals surface area contributed by atoms with Crippen molar-refractivity contribution in [2.45, 2.75) is 440 Å². The highest BCUT2D eigenvalue weighted by molar-refractivity contribution is 7.47. The first-order valence-corrected chi connectivity index (χ1v) is 45.3. The van der Waals surface area contributed by atoms with Crippen LogP contribution in [0.4, 0.5) is 0 Å². The van der Waals surface area contributed by atoms with E-state index in [1.54, 1.807) is 0 Å². The summed E-state index contributed by atoms with van der Waals surface area (Å²) in [6.07, 6.45) is 58.5. The summed E-state index contributed by atoms with van der Waals surface area (Å²) in [7, 11) is -9.92. The summed E-state index contributed by atoms with van der Waals surface area (Å²) < 4.78 is 68.7. The number of aliphatic hydroxyl groups is 1. The zero-order chi connectivity index (χ0) is 74.6. The van der Waals surface area contributed by atoms with Crippen LogP contribution in [0.15, 0.2) is 0 Å². The zero-order valence-corrected chi connectivity index (χ0v) is 68.3. The molecule has 0 amide bonds. The van der Waals surface area contributed by atoms with Gasteiger partial charge < -0.3 is 33.8 Å². The van der Waals surface area contributed by atoms with Crippen molar-refractivity contribution in [3.8, 4) is 0 Å². The van der Waals surface area contributed by atoms with Gasteiger partial charge in [-0.2, -0.15) is 0 Å². The van der Waals surface area contributed by atoms with Crippen molar-refractivity contribution >= 4 is 39.5 Å². The first-order chi connectivity index (χ1) is 48.7. The van der Waals surface area contributed by atoms with Gasteiger partial charge >= 0.3 is 39.5 Å². The molecule has 0 spiro atoms. The molecule has 17 nitrogen and oxygen atoms in total. The molecular formula is C82H160O17P2. The largest absolute Gasteiger partial charge is 0.472 e. The van der Waals surface area contributed by atoms with Crippen LogP contribution in [0.1, 0.15) is 421 Å². The molecule has 0 radical (unpaired) electrons. The molecule has 0 rings (SSSR count). The molecule has 0 fully saturated rings. The fourth-order valence-corrected chi connectivity index (χ4v) is 14.1. The number of rotatable bonds is 79. The van der Waals surface area contributed by atoms with Crippen LogP contribution < -0.4 is 0 Å². The van der Waals surface area contributed by atoms with Crippen molar-refractivity contribution in [3.05, 3.63) is 0 Å². The van der Waals surface area contributed by atoms with Crippen LogP contribution in [0.2, 0.25) is 0 Å². The third kappa shape index (κ3) is 73.4. The second kappa shape index (κ2) is 71.0. The van der Waals surface area contributed by atoms with E-state index in [2.05, 4.69) is 55.4 Å². The number of phosphoric ester groups is 2. The number of hydrogen-bond acceptors (Lipinski definition) is 15. The van der Waals surface area contributed by atoms with Crippen molar-refractivity contribution < 1.29 is 80.2 Å². The first-order valence-electron chi connectivity index (χ1n) is 42.3. The van der Waals surface area contributed by atoms with E-state index < -0.39 is 97.5 Å². The Morgan fingerprint density at radius 2 is 0.475 bits per heavy atom. The second-order valence-electron chi connectivity index (χ2n) is 31.0. The van der Waals surface area contributed by atoms with Crippen molar-refractivity contribution in [1.29, 1.82) is 0 Å². The molecule has 0 aromatic heterocycles. The number of aliphatic hydroxyl groups excluding tert-OH is 1. The Hall–Kier alpha value is -1.94. The lowest BCUT2D eigenvalue weighted by molar-refractivity contribution is -0.161. The van der Waals surface area contributed by atoms with E-state index in [0.29, 0.717) is 31.6 Å². The molecule has 0 heterocycles. The molecule has 0 aliphatic carbocycles. The van der Waals surface area contributed by atoms with Gasteiger partial charge in [0.15, 0.2) is 12.2 Å². The normalized spacial score (nSPS) is 14.5. The maximum Gasteiger partial charge on any atom is 0.472 e. The van der Waals surface area contributed by atoms with Crippen molar-refractivity contribution in [1.82, 2.24) is 0 Å². The highest BCUT2D eigenvalue weighted by Crippen LogP contribution is 2.45. The van der Waals surface area contributed by atoms with E-state index in [9.17, 15) is 43.2 Å². The van der Waals surface area contributed by atoms with Crippen LogP contribution in [0.25, 0.3) is 0 Å². The summed E-state index contributed by atoms with van der Waals surface area (Å²) in [5.41, 5.74) is 0. The van der Waals surface area contributed by atoms with Gasteiger partial charge in [-0.3, -0.25) is 37.3 Å². The Labute approximate surface area is 619 Å². The van der Waals surface area contributed by atoms with Crippen molar-refractivity contribution in [2.75, 3.05) is 39.6 Å². The number of hydrogen-bond donors (Lipinski definition) is 3. The second-order valence-corrected chi connectivity index (χ2v) is 33.9. The van der Waals surface area contributed by atoms with Crippen LogP contribution in [0.5, 0.6) is 0 Å². The topological polar surface area (TPSA) is 237 Å². The highest BCUT2D eigenvalue weighted by Gasteiger charge is 2.30. The number of ether oxygens (including phenoxy) is 4. The smallest absolute Gasteiger partial charge is 0.462 e. The molecule has 0 bridgehead atoms. The van der Waals surface area contributed by atoms with Gasteiger partial charge in [0, 0.05) is 25.7 Å². The maximum absolute atomic E-state index is 13.1. The molecule has 19 heteroatoms. The standard InChI is InChI=1S/C82H160O17P2/c1-9-74(7)60-52-44-36-29-25-21-17-13-11-12-14-18-23-27-31-38-48-56-64-81(86)98-78(69-93-80(85)63-55-47-41-40-45-53-61-75(8)10-2)71-97-101(90,91)95-67-76(83)66-94-100(88,89)96-70-77(99-82(87)65-57-49-39-33-32-35-43-51-59-73(5)6)68-92-79(84)62-54-46-37-30-26-22-19-15-16-20-24-28-34-42-50-58-72(3)4/h72-78,83H,9-71H2,1-8H3,(H,88,89)(H,90,91)/t74?,75?,76-,77-,78-/m1/s1. The molecule has 101 heavy (non-hydrogen) atoms. The summed E-state index contributed by atoms with van der Waals surface area (Å²) in [5, 5.41) is 10.6. The molecule has 0 aromatic carbocycles. The number of phosphoric acid groups is 2. The van der Waals surface area contributed by atoms with Crippen LogP contribution in [0, 0.1) is 23.7 Å². The van der Waals surface area contributed by atoms with Crippen LogP contribution in [0.3, 0.4) is 0 Å². The summed E-state index contributed by atoms with van der Waals surface area (Å²) in [4.78, 5) is 73.0. The monoisotopic (exact) mass is 1480 g/mol. The average Bonchev–Trinajstić information content (AvgIpc) is 0.923. The third-order valence-electron chi connectivity index (χ3n) is 19.8. The molecule has 0 saturated heterocycles. The van der Waals surface area contributed by atoms with Gasteiger partial charge in [-0.15, -0.1) is 0 Å². The third-order valence-corrected chi connectivity index (χ3v) is 21.7. The van der Waals surface area contributed by atoms with Crippen LogP contribution in [-0.4, -0.2) is 96.7 Å². The Balaban J connectivity index is 5.16. The summed E-state index contributed by atoms with van der Waals surface area (Å²) in [6.45, 7) is 14.3. The number of unbranched alkanes of at least 4 members (excludes halogenated alkanes) is 43. The molecule has 3 N–H and O–H groups in total. The summed E-state index contributed by atoms with van der Waals surface area (Å²) in [6, 6.07) is 0. The van der Waals surface area contributed by atoms with Gasteiger partial charge in [-0.05, 0) is 49.4 Å². The average molecular weight is 1480 g/mol. The van der Waals surface area contributed by atoms with Gasteiger partial charge in [0.1, 0.15) is 19.3 Å². The molecule has 600 valence electrons. The Morgan fingerprint density at radius 1 is 0.277 bits per heavy atom. The Kier molecular flexibility index (Phi) is 69.6. The molecule has 0 aromatic rings. The first kappa shape index (κ1) is 99.1. The molecular weight excluding hydrogens is 1320 g/mol. The van der Waals surface area contributed by atoms with E-state index in [1.165, 1.54) is 218 Å². The van der Waals surface area contributed by atoms with Gasteiger partial charge in [0.05, 0.1) is 26.4 Å². The lowest BCUT2D eigenvalue weighted by Gasteiger charge is -2.21. The minimum absolute atomic E-state index is 0.104. The molecule has 0 saturated carbocycles. The predicted molar refractivity (Wildman–Crippen MR) is 414 cm³/mol. The summed E-state index contributed by atoms with van der Waals surface area (Å²) in [5.74, 6) is 1.01. The van der Waals surface area contributed by atoms with E-state index in [0.717, 1.165) is 114 Å². The van der Waals surface area contributed by atoms with Crippen LogP contribution in [-0.2, 0) is 65.4 Å². The van der Waals surface area contributed by atoms with E-state index >= 15 is 0 Å². The summed E-state index contributed by atoms with van der Waals surface area (Å²) >= 11 is 0. The van der Waals surface area contributed by atoms with Crippen LogP contribution >= 0.6 is 15.6 Å². The molecule has 7 atom stereocenters. The SMILES string of the molecule is CCC(C)CCCCCCCCCCCCCCCCCCCCC(=O)O[C@H](COC(=O)CCCCCCCCC(C)CC)COP(=O)(O)OC[C@H](O)COP(=O)(O)OC[C@@H](COC(=O)CCCCCCCCCCCCCCCCCC(C)C)OC(=O)CCCCCCCCCCC(C)C. The van der Waals surface area contributed by atoms with Crippen molar-refractivity contribution in [3.63, 3.8) is 0 Å². The quantitative estimate of drug-likeness (QED) is 0.0222. The Bertz CT molecular complexity index is 1980. The molecule has 0 aliphatic rings. The lowest BCUT2D eigenvalue weighted by Crippen LogP contribution is -2.30. The van der Waals surface area contributed by atoms with E-state index in [1.807, 2.05) is 0 Å². The highest BCUT2D eigenvalue weighted by atomic mass is 31.2. The van der Waals surface area contributed by atoms with Gasteiger partial charge in [0.25, 0.3) is 0 Å². The molecule has 4 unspecified atom stereocenters. The predicted octanol–water partition coefficient (Wildman–Crippen LogP) is 24.4. The maximum atomic E-state index is 13.1. The van der Waals surface area contributed by atoms with E-state index in [4.69, 9.17) is 37.0 Å². The van der Waals surface area contributed by atoms with Gasteiger partial charge in [0.2, 0.25) is 0 Å². The number of carbonyl (C=O) groups is 4. The fourth-order valence-electron chi connectivity index (χ4n) is 12.5. The van der Waals surface area contributed by atoms with Gasteiger partial charge in [-0.25, -0.2) is 9.13 Å². The Morgan fingerprint density at radius 3 is 0.703 bits per heavy atom. The lowest BCUT2D eigenvalue weighted by atomic mass is 9.99. The number of carbonyl (C=O) groups excluding carboxylic acids is 4. The zero-order valence-electron chi connectivity index (χ0n) is 66.5. The number of esters is 4.